The second-order valence-electron chi connectivity index (χ2n) is 6.89. The van der Waals surface area contributed by atoms with Crippen molar-refractivity contribution in [2.75, 3.05) is 24.9 Å². The van der Waals surface area contributed by atoms with Crippen molar-refractivity contribution < 1.29 is 14.3 Å². The van der Waals surface area contributed by atoms with Gasteiger partial charge in [0.1, 0.15) is 17.8 Å². The zero-order valence-electron chi connectivity index (χ0n) is 16.5. The van der Waals surface area contributed by atoms with Gasteiger partial charge in [-0.25, -0.2) is 4.68 Å². The molecule has 1 aliphatic heterocycles. The number of anilines is 2. The Morgan fingerprint density at radius 1 is 1.10 bits per heavy atom. The number of hydrogen-bond acceptors (Lipinski definition) is 6. The molecule has 3 aromatic rings. The number of nitrogens with zero attached hydrogens (tertiary/aromatic N) is 3. The fraction of sp³-hybridized carbons (Fsp3) is 0.286. The first-order valence-electron chi connectivity index (χ1n) is 9.36. The van der Waals surface area contributed by atoms with Gasteiger partial charge in [-0.3, -0.25) is 4.79 Å². The summed E-state index contributed by atoms with van der Waals surface area (Å²) in [4.78, 5) is 17.7. The van der Waals surface area contributed by atoms with E-state index in [2.05, 4.69) is 20.7 Å². The predicted molar refractivity (Wildman–Crippen MR) is 109 cm³/mol. The quantitative estimate of drug-likeness (QED) is 0.693. The molecule has 0 unspecified atom stereocenters. The van der Waals surface area contributed by atoms with E-state index in [0.717, 1.165) is 11.3 Å². The summed E-state index contributed by atoms with van der Waals surface area (Å²) < 4.78 is 12.4. The number of methoxy groups -OCH3 is 2. The van der Waals surface area contributed by atoms with Crippen LogP contribution in [-0.4, -0.2) is 40.9 Å². The molecule has 0 fully saturated rings. The number of fused-ring (bicyclic) bond motifs is 1. The molecule has 0 aliphatic carbocycles. The summed E-state index contributed by atoms with van der Waals surface area (Å²) in [5.74, 6) is 1.45. The molecule has 29 heavy (non-hydrogen) atoms. The average Bonchev–Trinajstić information content (AvgIpc) is 3.21. The van der Waals surface area contributed by atoms with Crippen LogP contribution in [0.2, 0.25) is 0 Å². The number of nitrogens with one attached hydrogen (secondary N) is 2. The van der Waals surface area contributed by atoms with Gasteiger partial charge in [-0.2, -0.15) is 10.1 Å². The van der Waals surface area contributed by atoms with Crippen molar-refractivity contribution >= 4 is 17.5 Å². The normalized spacial score (nSPS) is 20.3. The number of amides is 1. The third-order valence-corrected chi connectivity index (χ3v) is 5.20. The molecular weight excluding hydrogens is 370 g/mol. The molecule has 2 aromatic carbocycles. The molecule has 3 atom stereocenters. The molecule has 150 valence electrons. The van der Waals surface area contributed by atoms with Gasteiger partial charge in [-0.1, -0.05) is 24.3 Å². The van der Waals surface area contributed by atoms with Gasteiger partial charge in [0.05, 0.1) is 31.9 Å². The molecule has 0 saturated heterocycles. The molecule has 0 bridgehead atoms. The molecule has 0 saturated carbocycles. The highest BCUT2D eigenvalue weighted by molar-refractivity contribution is 5.95. The number of benzene rings is 2. The lowest BCUT2D eigenvalue weighted by Gasteiger charge is -2.37. The minimum Gasteiger partial charge on any atom is -0.497 e. The van der Waals surface area contributed by atoms with Crippen LogP contribution in [0.25, 0.3) is 0 Å². The minimum atomic E-state index is -0.428. The van der Waals surface area contributed by atoms with E-state index in [-0.39, 0.29) is 18.0 Å². The van der Waals surface area contributed by atoms with Crippen molar-refractivity contribution in [1.29, 1.82) is 0 Å². The summed E-state index contributed by atoms with van der Waals surface area (Å²) in [6, 6.07) is 14.6. The van der Waals surface area contributed by atoms with Crippen molar-refractivity contribution in [1.82, 2.24) is 14.8 Å². The zero-order chi connectivity index (χ0) is 20.4. The van der Waals surface area contributed by atoms with Crippen molar-refractivity contribution in [2.45, 2.75) is 19.0 Å². The first kappa shape index (κ1) is 18.8. The third-order valence-electron chi connectivity index (χ3n) is 5.20. The summed E-state index contributed by atoms with van der Waals surface area (Å²) in [5.41, 5.74) is 1.58. The number of para-hydroxylation sites is 2. The Labute approximate surface area is 168 Å². The van der Waals surface area contributed by atoms with Gasteiger partial charge in [-0.05, 0) is 36.8 Å². The number of carbonyl (C=O) groups excluding carboxylic acids is 1. The van der Waals surface area contributed by atoms with Gasteiger partial charge in [0.15, 0.2) is 0 Å². The maximum absolute atomic E-state index is 13.4. The topological polar surface area (TPSA) is 90.3 Å². The standard InChI is InChI=1S/C21H23N5O3/c1-13-18(20(27)25-16-6-4-5-7-17(16)29-3)19(26-21(24-13)22-12-23-26)14-8-10-15(28-2)11-9-14/h4-13,18-19H,1-3H3,(H,25,27)(H,22,23,24)/t13-,18+,19-/m0/s1. The molecule has 2 N–H and O–H groups in total. The van der Waals surface area contributed by atoms with Crippen LogP contribution in [0.5, 0.6) is 11.5 Å². The van der Waals surface area contributed by atoms with Crippen LogP contribution in [0.3, 0.4) is 0 Å². The maximum atomic E-state index is 13.4. The van der Waals surface area contributed by atoms with E-state index < -0.39 is 5.92 Å². The van der Waals surface area contributed by atoms with Crippen LogP contribution in [0.1, 0.15) is 18.5 Å². The Morgan fingerprint density at radius 2 is 1.86 bits per heavy atom. The summed E-state index contributed by atoms with van der Waals surface area (Å²) in [5, 5.41) is 10.7. The average molecular weight is 393 g/mol. The number of ether oxygens (including phenoxy) is 2. The molecule has 1 aliphatic rings. The molecule has 2 heterocycles. The van der Waals surface area contributed by atoms with Crippen LogP contribution >= 0.6 is 0 Å². The van der Waals surface area contributed by atoms with Gasteiger partial charge in [-0.15, -0.1) is 0 Å². The first-order chi connectivity index (χ1) is 14.1. The SMILES string of the molecule is COc1ccc([C@H]2[C@H](C(=O)Nc3ccccc3OC)[C@H](C)Nc3ncnn32)cc1. The summed E-state index contributed by atoms with van der Waals surface area (Å²) in [7, 11) is 3.21. The highest BCUT2D eigenvalue weighted by Gasteiger charge is 2.41. The van der Waals surface area contributed by atoms with E-state index in [1.54, 1.807) is 18.9 Å². The van der Waals surface area contributed by atoms with E-state index in [0.29, 0.717) is 17.4 Å². The number of rotatable bonds is 5. The zero-order valence-corrected chi connectivity index (χ0v) is 16.5. The van der Waals surface area contributed by atoms with Crippen molar-refractivity contribution in [3.05, 3.63) is 60.4 Å². The summed E-state index contributed by atoms with van der Waals surface area (Å²) in [6.07, 6.45) is 1.49. The van der Waals surface area contributed by atoms with Gasteiger partial charge in [0.25, 0.3) is 0 Å². The smallest absolute Gasteiger partial charge is 0.232 e. The van der Waals surface area contributed by atoms with Crippen LogP contribution in [0.4, 0.5) is 11.6 Å². The third kappa shape index (κ3) is 3.49. The van der Waals surface area contributed by atoms with Crippen molar-refractivity contribution in [3.8, 4) is 11.5 Å². The molecule has 4 rings (SSSR count). The molecule has 8 nitrogen and oxygen atoms in total. The summed E-state index contributed by atoms with van der Waals surface area (Å²) >= 11 is 0. The largest absolute Gasteiger partial charge is 0.497 e. The highest BCUT2D eigenvalue weighted by Crippen LogP contribution is 2.37. The van der Waals surface area contributed by atoms with Crippen LogP contribution in [0, 0.1) is 5.92 Å². The van der Waals surface area contributed by atoms with Crippen LogP contribution in [0.15, 0.2) is 54.9 Å². The van der Waals surface area contributed by atoms with E-state index in [9.17, 15) is 4.79 Å². The van der Waals surface area contributed by atoms with Crippen LogP contribution < -0.4 is 20.1 Å². The Hall–Kier alpha value is -3.55. The van der Waals surface area contributed by atoms with Crippen molar-refractivity contribution in [2.24, 2.45) is 5.92 Å². The van der Waals surface area contributed by atoms with Gasteiger partial charge in [0.2, 0.25) is 11.9 Å². The second kappa shape index (κ2) is 7.83. The Bertz CT molecular complexity index is 1000. The van der Waals surface area contributed by atoms with E-state index in [1.165, 1.54) is 6.33 Å². The number of hydrogen-bond donors (Lipinski definition) is 2. The number of carbonyl (C=O) groups is 1. The van der Waals surface area contributed by atoms with Crippen molar-refractivity contribution in [3.63, 3.8) is 0 Å². The lowest BCUT2D eigenvalue weighted by atomic mass is 9.85. The first-order valence-corrected chi connectivity index (χ1v) is 9.36. The molecule has 1 amide bonds. The van der Waals surface area contributed by atoms with Crippen LogP contribution in [-0.2, 0) is 4.79 Å². The lowest BCUT2D eigenvalue weighted by molar-refractivity contribution is -0.121. The van der Waals surface area contributed by atoms with Gasteiger partial charge in [0, 0.05) is 6.04 Å². The van der Waals surface area contributed by atoms with E-state index in [1.807, 2.05) is 55.5 Å². The monoisotopic (exact) mass is 393 g/mol. The minimum absolute atomic E-state index is 0.128. The maximum Gasteiger partial charge on any atom is 0.232 e. The van der Waals surface area contributed by atoms with E-state index in [4.69, 9.17) is 9.47 Å². The molecule has 8 heteroatoms. The lowest BCUT2D eigenvalue weighted by Crippen LogP contribution is -2.46. The fourth-order valence-corrected chi connectivity index (χ4v) is 3.76. The fourth-order valence-electron chi connectivity index (χ4n) is 3.76. The Balaban J connectivity index is 1.71. The number of aromatic nitrogens is 3. The van der Waals surface area contributed by atoms with Gasteiger partial charge >= 0.3 is 0 Å². The predicted octanol–water partition coefficient (Wildman–Crippen LogP) is 2.95. The molecule has 0 radical (unpaired) electrons. The van der Waals surface area contributed by atoms with E-state index >= 15 is 0 Å². The Morgan fingerprint density at radius 3 is 2.59 bits per heavy atom. The second-order valence-corrected chi connectivity index (χ2v) is 6.89. The Kier molecular flexibility index (Phi) is 5.07. The molecular formula is C21H23N5O3. The molecule has 1 aromatic heterocycles. The molecule has 0 spiro atoms. The highest BCUT2D eigenvalue weighted by atomic mass is 16.5. The summed E-state index contributed by atoms with van der Waals surface area (Å²) in [6.45, 7) is 1.97. The van der Waals surface area contributed by atoms with Gasteiger partial charge < -0.3 is 20.1 Å².